The molecular weight excluding hydrogens is 160 g/mol. The number of rotatable bonds is 2. The van der Waals surface area contributed by atoms with Crippen LogP contribution in [0.1, 0.15) is 13.3 Å². The summed E-state index contributed by atoms with van der Waals surface area (Å²) in [6.45, 7) is 1.71. The first-order chi connectivity index (χ1) is 4.54. The highest BCUT2D eigenvalue weighted by atomic mass is 32.2. The van der Waals surface area contributed by atoms with Crippen LogP contribution in [0.5, 0.6) is 0 Å². The Labute approximate surface area is 61.8 Å². The molecule has 0 aromatic rings. The zero-order valence-electron chi connectivity index (χ0n) is 5.60. The van der Waals surface area contributed by atoms with Crippen molar-refractivity contribution in [3.63, 3.8) is 0 Å². The molecule has 0 saturated heterocycles. The van der Waals surface area contributed by atoms with Gasteiger partial charge in [0, 0.05) is 0 Å². The summed E-state index contributed by atoms with van der Waals surface area (Å²) in [4.78, 5) is 0. The van der Waals surface area contributed by atoms with Crippen LogP contribution in [0, 0.1) is 0 Å². The molecule has 64 valence electrons. The average molecular weight is 172 g/mol. The van der Waals surface area contributed by atoms with Crippen molar-refractivity contribution in [2.24, 2.45) is 0 Å². The van der Waals surface area contributed by atoms with Crippen LogP contribution in [-0.4, -0.2) is 36.2 Å². The highest BCUT2D eigenvalue weighted by Gasteiger charge is 1.92. The number of hydrogen-bond donors (Lipinski definition) is 4. The summed E-state index contributed by atoms with van der Waals surface area (Å²) >= 11 is -2.61. The van der Waals surface area contributed by atoms with E-state index in [4.69, 9.17) is 23.5 Å². The summed E-state index contributed by atoms with van der Waals surface area (Å²) in [6, 6.07) is 0. The van der Waals surface area contributed by atoms with E-state index < -0.39 is 17.5 Å². The molecule has 1 unspecified atom stereocenters. The Morgan fingerprint density at radius 1 is 1.50 bits per heavy atom. The Morgan fingerprint density at radius 3 is 1.80 bits per heavy atom. The van der Waals surface area contributed by atoms with Crippen molar-refractivity contribution < 1.29 is 23.5 Å². The van der Waals surface area contributed by atoms with Gasteiger partial charge in [-0.05, 0) is 6.42 Å². The molecule has 0 spiro atoms. The van der Waals surface area contributed by atoms with Gasteiger partial charge in [-0.1, -0.05) is 6.92 Å². The molecule has 0 radical (unpaired) electrons. The minimum absolute atomic E-state index is 0.115. The van der Waals surface area contributed by atoms with Gasteiger partial charge in [0.1, 0.15) is 0 Å². The SMILES string of the molecule is CCC(O)CO.O=S(O)O. The van der Waals surface area contributed by atoms with Crippen LogP contribution in [0.3, 0.4) is 0 Å². The Kier molecular flexibility index (Phi) is 11.4. The van der Waals surface area contributed by atoms with Gasteiger partial charge in [-0.3, -0.25) is 9.11 Å². The quantitative estimate of drug-likeness (QED) is 0.418. The van der Waals surface area contributed by atoms with Gasteiger partial charge in [0.05, 0.1) is 12.7 Å². The van der Waals surface area contributed by atoms with Crippen molar-refractivity contribution in [1.29, 1.82) is 0 Å². The van der Waals surface area contributed by atoms with Crippen molar-refractivity contribution >= 4 is 11.4 Å². The van der Waals surface area contributed by atoms with Crippen LogP contribution in [-0.2, 0) is 11.4 Å². The van der Waals surface area contributed by atoms with Crippen LogP contribution < -0.4 is 0 Å². The first-order valence-electron chi connectivity index (χ1n) is 2.63. The van der Waals surface area contributed by atoms with E-state index in [0.717, 1.165) is 0 Å². The fourth-order valence-electron chi connectivity index (χ4n) is 0.129. The van der Waals surface area contributed by atoms with E-state index in [1.54, 1.807) is 0 Å². The maximum Gasteiger partial charge on any atom is 0.299 e. The third-order valence-electron chi connectivity index (χ3n) is 0.682. The molecule has 0 heterocycles. The lowest BCUT2D eigenvalue weighted by Crippen LogP contribution is -2.08. The fourth-order valence-corrected chi connectivity index (χ4v) is 0.129. The zero-order chi connectivity index (χ0) is 8.57. The fraction of sp³-hybridized carbons (Fsp3) is 1.00. The van der Waals surface area contributed by atoms with Crippen LogP contribution in [0.15, 0.2) is 0 Å². The van der Waals surface area contributed by atoms with E-state index in [9.17, 15) is 0 Å². The summed E-state index contributed by atoms with van der Waals surface area (Å²) in [5.41, 5.74) is 0. The molecule has 0 aliphatic rings. The minimum Gasteiger partial charge on any atom is -0.394 e. The van der Waals surface area contributed by atoms with Gasteiger partial charge in [-0.15, -0.1) is 0 Å². The highest BCUT2D eigenvalue weighted by molar-refractivity contribution is 7.73. The van der Waals surface area contributed by atoms with Crippen LogP contribution in [0.2, 0.25) is 0 Å². The van der Waals surface area contributed by atoms with Gasteiger partial charge in [0.25, 0.3) is 11.4 Å². The van der Waals surface area contributed by atoms with Crippen molar-refractivity contribution in [2.75, 3.05) is 6.61 Å². The van der Waals surface area contributed by atoms with Crippen molar-refractivity contribution in [1.82, 2.24) is 0 Å². The third-order valence-corrected chi connectivity index (χ3v) is 0.682. The second-order valence-electron chi connectivity index (χ2n) is 1.48. The molecule has 5 nitrogen and oxygen atoms in total. The summed E-state index contributed by atoms with van der Waals surface area (Å²) in [5.74, 6) is 0. The Morgan fingerprint density at radius 2 is 1.80 bits per heavy atom. The molecule has 6 heteroatoms. The molecule has 0 aromatic carbocycles. The molecule has 0 aromatic heterocycles. The molecule has 0 aliphatic carbocycles. The standard InChI is InChI=1S/C4H10O2.H2O3S/c1-2-4(6)3-5;1-4(2)3/h4-6H,2-3H2,1H3;(H2,1,2,3). The van der Waals surface area contributed by atoms with E-state index in [-0.39, 0.29) is 6.61 Å². The van der Waals surface area contributed by atoms with Gasteiger partial charge in [0.15, 0.2) is 0 Å². The highest BCUT2D eigenvalue weighted by Crippen LogP contribution is 1.83. The van der Waals surface area contributed by atoms with E-state index in [1.165, 1.54) is 0 Å². The van der Waals surface area contributed by atoms with Gasteiger partial charge in [-0.25, -0.2) is 0 Å². The second kappa shape index (κ2) is 8.99. The zero-order valence-corrected chi connectivity index (χ0v) is 6.41. The predicted octanol–water partition coefficient (Wildman–Crippen LogP) is -0.569. The Bertz CT molecular complexity index is 77.7. The molecule has 0 aliphatic heterocycles. The lowest BCUT2D eigenvalue weighted by atomic mass is 10.3. The predicted molar refractivity (Wildman–Crippen MR) is 36.8 cm³/mol. The number of aliphatic hydroxyl groups excluding tert-OH is 2. The van der Waals surface area contributed by atoms with E-state index in [1.807, 2.05) is 6.92 Å². The maximum absolute atomic E-state index is 8.67. The molecule has 0 saturated carbocycles. The first-order valence-corrected chi connectivity index (χ1v) is 3.69. The average Bonchev–Trinajstić information content (AvgIpc) is 1.85. The van der Waals surface area contributed by atoms with Crippen molar-refractivity contribution in [2.45, 2.75) is 19.4 Å². The van der Waals surface area contributed by atoms with Crippen LogP contribution in [0.25, 0.3) is 0 Å². The summed E-state index contributed by atoms with van der Waals surface area (Å²) in [5, 5.41) is 16.5. The topological polar surface area (TPSA) is 98.0 Å². The van der Waals surface area contributed by atoms with Crippen LogP contribution in [0.4, 0.5) is 0 Å². The molecule has 0 rings (SSSR count). The first kappa shape index (κ1) is 12.6. The van der Waals surface area contributed by atoms with Crippen molar-refractivity contribution in [3.8, 4) is 0 Å². The maximum atomic E-state index is 8.67. The number of hydrogen-bond acceptors (Lipinski definition) is 3. The molecule has 0 amide bonds. The molecule has 10 heavy (non-hydrogen) atoms. The van der Waals surface area contributed by atoms with E-state index in [2.05, 4.69) is 0 Å². The monoisotopic (exact) mass is 172 g/mol. The Hall–Kier alpha value is -0.0100. The third kappa shape index (κ3) is 24.5. The van der Waals surface area contributed by atoms with Gasteiger partial charge in [-0.2, -0.15) is 4.21 Å². The largest absolute Gasteiger partial charge is 0.394 e. The number of aliphatic hydroxyl groups is 2. The van der Waals surface area contributed by atoms with Gasteiger partial charge in [0.2, 0.25) is 0 Å². The van der Waals surface area contributed by atoms with E-state index >= 15 is 0 Å². The second-order valence-corrected chi connectivity index (χ2v) is 1.94. The lowest BCUT2D eigenvalue weighted by Gasteiger charge is -1.97. The molecule has 0 fully saturated rings. The molecule has 4 N–H and O–H groups in total. The van der Waals surface area contributed by atoms with Gasteiger partial charge < -0.3 is 10.2 Å². The Balaban J connectivity index is 0. The van der Waals surface area contributed by atoms with E-state index in [0.29, 0.717) is 6.42 Å². The molecule has 0 bridgehead atoms. The van der Waals surface area contributed by atoms with Crippen molar-refractivity contribution in [3.05, 3.63) is 0 Å². The molecular formula is C4H12O5S. The summed E-state index contributed by atoms with van der Waals surface area (Å²) in [7, 11) is 0. The molecule has 1 atom stereocenters. The summed E-state index contributed by atoms with van der Waals surface area (Å²) in [6.07, 6.45) is 0.126. The normalized spacial score (nSPS) is 12.2. The van der Waals surface area contributed by atoms with Crippen LogP contribution >= 0.6 is 0 Å². The smallest absolute Gasteiger partial charge is 0.299 e. The minimum atomic E-state index is -2.61. The van der Waals surface area contributed by atoms with Gasteiger partial charge >= 0.3 is 0 Å². The lowest BCUT2D eigenvalue weighted by molar-refractivity contribution is 0.0923. The summed E-state index contributed by atoms with van der Waals surface area (Å²) < 4.78 is 22.8.